The highest BCUT2D eigenvalue weighted by atomic mass is 19.1. The summed E-state index contributed by atoms with van der Waals surface area (Å²) < 4.78 is 15.1. The van der Waals surface area contributed by atoms with Crippen molar-refractivity contribution in [2.45, 2.75) is 32.4 Å². The molecule has 0 unspecified atom stereocenters. The molecule has 1 aliphatic heterocycles. The van der Waals surface area contributed by atoms with Gasteiger partial charge in [0, 0.05) is 12.1 Å². The molecule has 0 bridgehead atoms. The Kier molecular flexibility index (Phi) is 6.14. The number of tetrazole rings is 1. The van der Waals surface area contributed by atoms with E-state index < -0.39 is 0 Å². The Morgan fingerprint density at radius 2 is 1.76 bits per heavy atom. The van der Waals surface area contributed by atoms with Crippen molar-refractivity contribution in [2.24, 2.45) is 0 Å². The first-order valence-corrected chi connectivity index (χ1v) is 10.4. The van der Waals surface area contributed by atoms with Gasteiger partial charge in [0.15, 0.2) is 0 Å². The number of halogens is 1. The van der Waals surface area contributed by atoms with Gasteiger partial charge in [-0.1, -0.05) is 43.7 Å². The summed E-state index contributed by atoms with van der Waals surface area (Å²) in [6, 6.07) is 17.4. The maximum absolute atomic E-state index is 13.2. The molecule has 4 rings (SSSR count). The lowest BCUT2D eigenvalue weighted by atomic mass is 10.1. The smallest absolute Gasteiger partial charge is 0.209 e. The molecule has 7 heteroatoms. The monoisotopic (exact) mass is 395 g/mol. The average molecular weight is 396 g/mol. The van der Waals surface area contributed by atoms with E-state index in [1.165, 1.54) is 22.7 Å². The molecule has 1 aliphatic rings. The van der Waals surface area contributed by atoms with Gasteiger partial charge < -0.3 is 9.80 Å². The minimum Gasteiger partial charge on any atom is -0.360 e. The number of aromatic nitrogens is 4. The van der Waals surface area contributed by atoms with Crippen LogP contribution >= 0.6 is 0 Å². The maximum atomic E-state index is 13.2. The van der Waals surface area contributed by atoms with Gasteiger partial charge in [-0.15, -0.1) is 5.10 Å². The lowest BCUT2D eigenvalue weighted by Crippen LogP contribution is -3.15. The zero-order chi connectivity index (χ0) is 20.1. The predicted octanol–water partition coefficient (Wildman–Crippen LogP) is 2.11. The first-order valence-electron chi connectivity index (χ1n) is 10.4. The van der Waals surface area contributed by atoms with Crippen LogP contribution in [0.1, 0.15) is 37.2 Å². The molecule has 1 saturated heterocycles. The van der Waals surface area contributed by atoms with E-state index in [4.69, 9.17) is 0 Å². The summed E-state index contributed by atoms with van der Waals surface area (Å²) in [5.41, 5.74) is 2.29. The molecule has 152 valence electrons. The van der Waals surface area contributed by atoms with Gasteiger partial charge in [0.2, 0.25) is 5.82 Å². The molecule has 29 heavy (non-hydrogen) atoms. The lowest BCUT2D eigenvalue weighted by Gasteiger charge is -2.37. The van der Waals surface area contributed by atoms with Gasteiger partial charge in [0.05, 0.1) is 32.7 Å². The van der Waals surface area contributed by atoms with Crippen molar-refractivity contribution >= 4 is 5.69 Å². The molecule has 3 aromatic rings. The molecule has 0 spiro atoms. The number of anilines is 1. The van der Waals surface area contributed by atoms with Crippen LogP contribution in [0, 0.1) is 5.82 Å². The van der Waals surface area contributed by atoms with Crippen molar-refractivity contribution in [3.05, 3.63) is 71.8 Å². The summed E-state index contributed by atoms with van der Waals surface area (Å²) >= 11 is 0. The predicted molar refractivity (Wildman–Crippen MR) is 110 cm³/mol. The molecule has 1 N–H and O–H groups in total. The van der Waals surface area contributed by atoms with Crippen LogP contribution in [-0.4, -0.2) is 46.4 Å². The third-order valence-electron chi connectivity index (χ3n) is 5.71. The molecule has 6 nitrogen and oxygen atoms in total. The molecular formula is C22H28FN6+. The summed E-state index contributed by atoms with van der Waals surface area (Å²) in [5.74, 6) is 0.703. The second kappa shape index (κ2) is 9.13. The Morgan fingerprint density at radius 1 is 1.03 bits per heavy atom. The third-order valence-corrected chi connectivity index (χ3v) is 5.71. The Balaban J connectivity index is 1.47. The van der Waals surface area contributed by atoms with Gasteiger partial charge in [-0.25, -0.2) is 9.07 Å². The second-order valence-corrected chi connectivity index (χ2v) is 7.64. The van der Waals surface area contributed by atoms with Crippen LogP contribution < -0.4 is 9.80 Å². The van der Waals surface area contributed by atoms with Crippen molar-refractivity contribution in [2.75, 3.05) is 31.1 Å². The number of piperazine rings is 1. The first-order chi connectivity index (χ1) is 14.2. The van der Waals surface area contributed by atoms with Gasteiger partial charge >= 0.3 is 0 Å². The highest BCUT2D eigenvalue weighted by Gasteiger charge is 2.32. The number of hydrogen-bond donors (Lipinski definition) is 1. The van der Waals surface area contributed by atoms with E-state index in [9.17, 15) is 4.39 Å². The van der Waals surface area contributed by atoms with E-state index in [2.05, 4.69) is 57.7 Å². The van der Waals surface area contributed by atoms with Crippen LogP contribution in [0.25, 0.3) is 0 Å². The number of hydrogen-bond acceptors (Lipinski definition) is 4. The minimum atomic E-state index is -0.227. The number of rotatable bonds is 7. The Bertz CT molecular complexity index is 887. The van der Waals surface area contributed by atoms with Gasteiger partial charge in [0.25, 0.3) is 0 Å². The molecule has 0 radical (unpaired) electrons. The van der Waals surface area contributed by atoms with Crippen LogP contribution in [0.15, 0.2) is 54.6 Å². The maximum Gasteiger partial charge on any atom is 0.209 e. The van der Waals surface area contributed by atoms with E-state index in [1.54, 1.807) is 12.1 Å². The van der Waals surface area contributed by atoms with Crippen LogP contribution in [0.4, 0.5) is 10.1 Å². The quantitative estimate of drug-likeness (QED) is 0.666. The lowest BCUT2D eigenvalue weighted by molar-refractivity contribution is -0.933. The van der Waals surface area contributed by atoms with Crippen molar-refractivity contribution in [3.8, 4) is 0 Å². The normalized spacial score (nSPS) is 16.1. The summed E-state index contributed by atoms with van der Waals surface area (Å²) in [7, 11) is 0. The van der Waals surface area contributed by atoms with Gasteiger partial charge in [-0.05, 0) is 40.3 Å². The van der Waals surface area contributed by atoms with E-state index in [1.807, 2.05) is 4.68 Å². The van der Waals surface area contributed by atoms with Crippen LogP contribution in [0.2, 0.25) is 0 Å². The van der Waals surface area contributed by atoms with Crippen molar-refractivity contribution in [1.82, 2.24) is 20.2 Å². The molecule has 1 atom stereocenters. The molecular weight excluding hydrogens is 367 g/mol. The second-order valence-electron chi connectivity index (χ2n) is 7.64. The molecule has 2 aromatic carbocycles. The van der Waals surface area contributed by atoms with Gasteiger partial charge in [-0.2, -0.15) is 0 Å². The third kappa shape index (κ3) is 4.62. The van der Waals surface area contributed by atoms with Crippen molar-refractivity contribution in [1.29, 1.82) is 0 Å². The Labute approximate surface area is 170 Å². The summed E-state index contributed by atoms with van der Waals surface area (Å²) in [6.07, 6.45) is 2.13. The molecule has 0 saturated carbocycles. The number of para-hydroxylation sites is 1. The van der Waals surface area contributed by atoms with Crippen molar-refractivity contribution in [3.63, 3.8) is 0 Å². The highest BCUT2D eigenvalue weighted by molar-refractivity contribution is 5.46. The zero-order valence-corrected chi connectivity index (χ0v) is 16.8. The minimum absolute atomic E-state index is 0.227. The summed E-state index contributed by atoms with van der Waals surface area (Å²) in [6.45, 7) is 6.94. The number of quaternary nitrogens is 1. The largest absolute Gasteiger partial charge is 0.360 e. The molecule has 1 fully saturated rings. The summed E-state index contributed by atoms with van der Waals surface area (Å²) in [4.78, 5) is 3.99. The number of nitrogens with zero attached hydrogens (tertiary/aromatic N) is 5. The fourth-order valence-corrected chi connectivity index (χ4v) is 4.18. The van der Waals surface area contributed by atoms with Crippen LogP contribution in [-0.2, 0) is 6.54 Å². The Hall–Kier alpha value is -2.80. The molecule has 0 amide bonds. The fourth-order valence-electron chi connectivity index (χ4n) is 4.18. The molecule has 1 aromatic heterocycles. The average Bonchev–Trinajstić information content (AvgIpc) is 3.22. The molecule has 0 aliphatic carbocycles. The highest BCUT2D eigenvalue weighted by Crippen LogP contribution is 2.17. The van der Waals surface area contributed by atoms with Gasteiger partial charge in [-0.3, -0.25) is 0 Å². The number of nitrogens with one attached hydrogen (secondary N) is 1. The standard InChI is InChI=1S/C22H27FN6/c1-2-6-21(28-15-13-27(14-16-28)20-7-4-3-5-8-20)22-24-25-26-29(22)17-18-9-11-19(23)12-10-18/h3-5,7-12,21H,2,6,13-17H2,1H3/p+1/t21-/m1/s1. The van der Waals surface area contributed by atoms with Gasteiger partial charge in [0.1, 0.15) is 11.9 Å². The van der Waals surface area contributed by atoms with E-state index in [0.29, 0.717) is 6.54 Å². The van der Waals surface area contributed by atoms with Crippen molar-refractivity contribution < 1.29 is 9.29 Å². The van der Waals surface area contributed by atoms with E-state index in [0.717, 1.165) is 50.4 Å². The zero-order valence-electron chi connectivity index (χ0n) is 16.8. The van der Waals surface area contributed by atoms with Crippen LogP contribution in [0.3, 0.4) is 0 Å². The topological polar surface area (TPSA) is 51.3 Å². The summed E-state index contributed by atoms with van der Waals surface area (Å²) in [5, 5.41) is 12.6. The van der Waals surface area contributed by atoms with E-state index in [-0.39, 0.29) is 11.9 Å². The Morgan fingerprint density at radius 3 is 2.45 bits per heavy atom. The number of benzene rings is 2. The van der Waals surface area contributed by atoms with E-state index >= 15 is 0 Å². The SMILES string of the molecule is CCC[C@H](c1nnnn1Cc1ccc(F)cc1)[NH+]1CCN(c2ccccc2)CC1. The first kappa shape index (κ1) is 19.5. The fraction of sp³-hybridized carbons (Fsp3) is 0.409. The van der Waals surface area contributed by atoms with Crippen LogP contribution in [0.5, 0.6) is 0 Å². The molecule has 2 heterocycles.